The SMILES string of the molecule is COc1cc(C(=O)NCC(O)(c2cc3c(c(-c4ccc(F)cc4)n2)OC2C[C@@]32n2cnnc2)C2CC2)cc2sc(N)nc12. The second-order valence-electron chi connectivity index (χ2n) is 11.3. The molecule has 43 heavy (non-hydrogen) atoms. The zero-order valence-corrected chi connectivity index (χ0v) is 23.8. The summed E-state index contributed by atoms with van der Waals surface area (Å²) in [5, 5.41) is 23.6. The summed E-state index contributed by atoms with van der Waals surface area (Å²) in [6.07, 6.45) is 5.46. The lowest BCUT2D eigenvalue weighted by Crippen LogP contribution is -2.43. The van der Waals surface area contributed by atoms with E-state index in [0.717, 1.165) is 29.5 Å². The molecule has 0 saturated heterocycles. The molecular formula is C30H26FN7O4S. The average molecular weight is 600 g/mol. The minimum atomic E-state index is -1.47. The first-order valence-electron chi connectivity index (χ1n) is 13.9. The number of carbonyl (C=O) groups excluding carboxylic acids is 1. The van der Waals surface area contributed by atoms with Crippen LogP contribution in [0.25, 0.3) is 21.5 Å². The zero-order valence-electron chi connectivity index (χ0n) is 23.0. The molecule has 1 aliphatic heterocycles. The Morgan fingerprint density at radius 1 is 1.23 bits per heavy atom. The molecule has 5 aromatic rings. The smallest absolute Gasteiger partial charge is 0.251 e. The van der Waals surface area contributed by atoms with Crippen LogP contribution in [0, 0.1) is 11.7 Å². The molecule has 13 heteroatoms. The topological polar surface area (TPSA) is 150 Å². The van der Waals surface area contributed by atoms with Gasteiger partial charge in [-0.3, -0.25) is 4.79 Å². The largest absolute Gasteiger partial charge is 0.494 e. The maximum Gasteiger partial charge on any atom is 0.251 e. The molecule has 0 radical (unpaired) electrons. The first-order valence-corrected chi connectivity index (χ1v) is 14.7. The molecular weight excluding hydrogens is 573 g/mol. The number of pyridine rings is 1. The number of hydrogen-bond donors (Lipinski definition) is 3. The molecule has 3 aliphatic rings. The monoisotopic (exact) mass is 599 g/mol. The fraction of sp³-hybridized carbons (Fsp3) is 0.300. The number of benzene rings is 2. The van der Waals surface area contributed by atoms with Gasteiger partial charge in [0.05, 0.1) is 24.0 Å². The van der Waals surface area contributed by atoms with Crippen molar-refractivity contribution in [3.63, 3.8) is 0 Å². The summed E-state index contributed by atoms with van der Waals surface area (Å²) in [5.41, 5.74) is 7.29. The van der Waals surface area contributed by atoms with Crippen molar-refractivity contribution >= 4 is 32.6 Å². The van der Waals surface area contributed by atoms with Gasteiger partial charge in [-0.1, -0.05) is 11.3 Å². The lowest BCUT2D eigenvalue weighted by Gasteiger charge is -2.30. The van der Waals surface area contributed by atoms with Crippen LogP contribution in [0.5, 0.6) is 11.5 Å². The number of amides is 1. The zero-order chi connectivity index (χ0) is 29.5. The highest BCUT2D eigenvalue weighted by atomic mass is 32.1. The van der Waals surface area contributed by atoms with Crippen LogP contribution in [-0.2, 0) is 11.1 Å². The Labute approximate surface area is 248 Å². The van der Waals surface area contributed by atoms with Crippen LogP contribution in [0.4, 0.5) is 9.52 Å². The number of thiazole rings is 1. The van der Waals surface area contributed by atoms with E-state index >= 15 is 0 Å². The lowest BCUT2D eigenvalue weighted by molar-refractivity contribution is 0.00945. The molecule has 0 spiro atoms. The number of aromatic nitrogens is 5. The second kappa shape index (κ2) is 9.19. The molecule has 11 nitrogen and oxygen atoms in total. The first-order chi connectivity index (χ1) is 20.8. The summed E-state index contributed by atoms with van der Waals surface area (Å²) < 4.78 is 28.3. The first kappa shape index (κ1) is 26.0. The van der Waals surface area contributed by atoms with Crippen molar-refractivity contribution in [1.82, 2.24) is 30.0 Å². The van der Waals surface area contributed by atoms with E-state index < -0.39 is 11.1 Å². The Morgan fingerprint density at radius 3 is 2.72 bits per heavy atom. The van der Waals surface area contributed by atoms with Gasteiger partial charge in [-0.05, 0) is 61.2 Å². The van der Waals surface area contributed by atoms with Crippen molar-refractivity contribution < 1.29 is 23.8 Å². The van der Waals surface area contributed by atoms with Gasteiger partial charge in [0.2, 0.25) is 0 Å². The molecule has 1 amide bonds. The number of anilines is 1. The van der Waals surface area contributed by atoms with E-state index in [1.54, 1.807) is 36.9 Å². The number of halogens is 1. The molecule has 8 rings (SSSR count). The van der Waals surface area contributed by atoms with Crippen LogP contribution in [0.15, 0.2) is 55.1 Å². The van der Waals surface area contributed by atoms with Gasteiger partial charge in [-0.25, -0.2) is 14.4 Å². The second-order valence-corrected chi connectivity index (χ2v) is 12.4. The number of nitrogen functional groups attached to an aromatic ring is 1. The van der Waals surface area contributed by atoms with E-state index in [2.05, 4.69) is 20.5 Å². The lowest BCUT2D eigenvalue weighted by atomic mass is 9.89. The number of hydrogen-bond acceptors (Lipinski definition) is 10. The Bertz CT molecular complexity index is 1910. The van der Waals surface area contributed by atoms with Crippen molar-refractivity contribution in [2.45, 2.75) is 36.5 Å². The number of fused-ring (bicyclic) bond motifs is 4. The number of aliphatic hydroxyl groups is 1. The van der Waals surface area contributed by atoms with Crippen molar-refractivity contribution in [2.75, 3.05) is 19.4 Å². The highest BCUT2D eigenvalue weighted by Gasteiger charge is 2.66. The summed E-state index contributed by atoms with van der Waals surface area (Å²) in [6.45, 7) is -0.0692. The van der Waals surface area contributed by atoms with Gasteiger partial charge in [0.1, 0.15) is 52.7 Å². The van der Waals surface area contributed by atoms with E-state index in [4.69, 9.17) is 20.2 Å². The number of carbonyl (C=O) groups is 1. The van der Waals surface area contributed by atoms with Gasteiger partial charge >= 0.3 is 0 Å². The third-order valence-electron chi connectivity index (χ3n) is 8.74. The van der Waals surface area contributed by atoms with Gasteiger partial charge in [0.15, 0.2) is 10.9 Å². The maximum absolute atomic E-state index is 13.9. The molecule has 2 aliphatic carbocycles. The predicted molar refractivity (Wildman–Crippen MR) is 155 cm³/mol. The molecule has 2 saturated carbocycles. The van der Waals surface area contributed by atoms with Crippen LogP contribution in [0.3, 0.4) is 0 Å². The highest BCUT2D eigenvalue weighted by Crippen LogP contribution is 2.62. The Balaban J connectivity index is 1.19. The summed E-state index contributed by atoms with van der Waals surface area (Å²) in [4.78, 5) is 22.7. The molecule has 2 fully saturated rings. The highest BCUT2D eigenvalue weighted by molar-refractivity contribution is 7.22. The summed E-state index contributed by atoms with van der Waals surface area (Å²) >= 11 is 1.26. The van der Waals surface area contributed by atoms with Crippen LogP contribution >= 0.6 is 11.3 Å². The molecule has 2 unspecified atom stereocenters. The quantitative estimate of drug-likeness (QED) is 0.243. The third-order valence-corrected chi connectivity index (χ3v) is 9.57. The summed E-state index contributed by atoms with van der Waals surface area (Å²) in [7, 11) is 1.51. The summed E-state index contributed by atoms with van der Waals surface area (Å²) in [5.74, 6) is 0.176. The Hall–Kier alpha value is -4.62. The summed E-state index contributed by atoms with van der Waals surface area (Å²) in [6, 6.07) is 11.2. The number of rotatable bonds is 8. The predicted octanol–water partition coefficient (Wildman–Crippen LogP) is 3.62. The number of ether oxygens (including phenoxy) is 2. The van der Waals surface area contributed by atoms with Crippen LogP contribution in [-0.4, -0.2) is 55.5 Å². The third kappa shape index (κ3) is 3.98. The van der Waals surface area contributed by atoms with Crippen LogP contribution in [0.1, 0.15) is 40.9 Å². The molecule has 4 heterocycles. The minimum absolute atomic E-state index is 0.0692. The fourth-order valence-corrected chi connectivity index (χ4v) is 7.02. The normalized spacial score (nSPS) is 21.5. The van der Waals surface area contributed by atoms with E-state index in [0.29, 0.717) is 44.7 Å². The van der Waals surface area contributed by atoms with Crippen molar-refractivity contribution in [3.8, 4) is 22.8 Å². The van der Waals surface area contributed by atoms with Gasteiger partial charge in [0.25, 0.3) is 5.91 Å². The van der Waals surface area contributed by atoms with Crippen molar-refractivity contribution in [2.24, 2.45) is 5.92 Å². The van der Waals surface area contributed by atoms with Gasteiger partial charge in [-0.15, -0.1) is 10.2 Å². The molecule has 218 valence electrons. The van der Waals surface area contributed by atoms with Gasteiger partial charge in [0, 0.05) is 23.1 Å². The van der Waals surface area contributed by atoms with Gasteiger partial charge < -0.3 is 30.2 Å². The average Bonchev–Trinajstić information content (AvgIpc) is 3.84. The minimum Gasteiger partial charge on any atom is -0.494 e. The molecule has 3 aromatic heterocycles. The van der Waals surface area contributed by atoms with Crippen LogP contribution < -0.4 is 20.5 Å². The Morgan fingerprint density at radius 2 is 2.00 bits per heavy atom. The number of nitrogens with one attached hydrogen (secondary N) is 1. The van der Waals surface area contributed by atoms with E-state index in [9.17, 15) is 14.3 Å². The standard InChI is InChI=1S/C30H26FN7O4S/c1-41-20-8-16(9-21-25(20)37-28(32)43-21)27(39)33-12-30(40,17-4-5-17)22-10-19-26(24(36-22)15-2-6-18(31)7-3-15)42-23-11-29(19,23)38-13-34-35-14-38/h2-3,6-10,13-14,17,23,40H,4-5,11-12H2,1H3,(H2,32,37)(H,33,39)/t23?,29-,30?/m1/s1. The van der Waals surface area contributed by atoms with Crippen molar-refractivity contribution in [1.29, 1.82) is 0 Å². The van der Waals surface area contributed by atoms with Crippen molar-refractivity contribution in [3.05, 3.63) is 77.8 Å². The van der Waals surface area contributed by atoms with E-state index in [1.807, 2.05) is 10.6 Å². The fourth-order valence-electron chi connectivity index (χ4n) is 6.23. The Kier molecular flexibility index (Phi) is 5.56. The van der Waals surface area contributed by atoms with Crippen LogP contribution in [0.2, 0.25) is 0 Å². The maximum atomic E-state index is 13.9. The molecule has 0 bridgehead atoms. The van der Waals surface area contributed by atoms with E-state index in [-0.39, 0.29) is 30.3 Å². The molecule has 4 N–H and O–H groups in total. The number of nitrogens with two attached hydrogens (primary N) is 1. The number of nitrogens with zero attached hydrogens (tertiary/aromatic N) is 5. The van der Waals surface area contributed by atoms with Gasteiger partial charge in [-0.2, -0.15) is 0 Å². The molecule has 2 aromatic carbocycles. The van der Waals surface area contributed by atoms with E-state index in [1.165, 1.54) is 30.6 Å². The number of methoxy groups -OCH3 is 1. The molecule has 3 atom stereocenters.